The smallest absolute Gasteiger partial charge is 0.115 e. The Kier molecular flexibility index (Phi) is 5.27. The van der Waals surface area contributed by atoms with Crippen LogP contribution in [0.2, 0.25) is 0 Å². The number of fused-ring (bicyclic) bond motifs is 1. The maximum Gasteiger partial charge on any atom is 0.115 e. The van der Waals surface area contributed by atoms with E-state index in [9.17, 15) is 8.78 Å². The summed E-state index contributed by atoms with van der Waals surface area (Å²) < 4.78 is 25.9. The Morgan fingerprint density at radius 3 is 2.29 bits per heavy atom. The van der Waals surface area contributed by atoms with Gasteiger partial charge in [0.1, 0.15) is 13.3 Å². The molecule has 0 saturated carbocycles. The number of alkyl halides is 2. The van der Waals surface area contributed by atoms with Crippen LogP contribution in [0, 0.1) is 0 Å². The molecule has 1 aliphatic rings. The molecule has 0 unspecified atom stereocenters. The third-order valence-corrected chi connectivity index (χ3v) is 3.73. The molecule has 0 aromatic heterocycles. The van der Waals surface area contributed by atoms with E-state index in [0.717, 1.165) is 17.5 Å². The molecule has 0 radical (unpaired) electrons. The van der Waals surface area contributed by atoms with Gasteiger partial charge in [-0.25, -0.2) is 8.78 Å². The normalized spacial score (nSPS) is 12.6. The maximum atomic E-state index is 12.9. The third-order valence-electron chi connectivity index (χ3n) is 3.73. The minimum Gasteiger partial charge on any atom is -0.246 e. The van der Waals surface area contributed by atoms with Crippen LogP contribution in [0.3, 0.4) is 0 Å². The number of rotatable bonds is 3. The van der Waals surface area contributed by atoms with Gasteiger partial charge in [-0.15, -0.1) is 0 Å². The molecule has 0 atom stereocenters. The molecular formula is C18H16F2Zr. The summed E-state index contributed by atoms with van der Waals surface area (Å²) in [4.78, 5) is 0. The van der Waals surface area contributed by atoms with Crippen molar-refractivity contribution in [3.63, 3.8) is 0 Å². The van der Waals surface area contributed by atoms with Crippen molar-refractivity contribution in [2.45, 2.75) is 26.7 Å². The molecule has 0 bridgehead atoms. The number of hydrogen-bond donors (Lipinski definition) is 0. The summed E-state index contributed by atoms with van der Waals surface area (Å²) in [6.07, 6.45) is 3.13. The Bertz CT molecular complexity index is 667. The first-order valence-corrected chi connectivity index (χ1v) is 6.75. The molecule has 3 heteroatoms. The van der Waals surface area contributed by atoms with Crippen LogP contribution in [0.1, 0.15) is 29.2 Å². The molecule has 1 aliphatic carbocycles. The molecule has 0 fully saturated rings. The van der Waals surface area contributed by atoms with Crippen molar-refractivity contribution >= 4 is 6.08 Å². The average molecular weight is 362 g/mol. The van der Waals surface area contributed by atoms with E-state index in [0.29, 0.717) is 11.1 Å². The molecule has 21 heavy (non-hydrogen) atoms. The molecule has 0 heterocycles. The quantitative estimate of drug-likeness (QED) is 0.700. The van der Waals surface area contributed by atoms with E-state index in [1.54, 1.807) is 6.07 Å². The molecule has 0 saturated heterocycles. The van der Waals surface area contributed by atoms with E-state index < -0.39 is 13.3 Å². The van der Waals surface area contributed by atoms with E-state index in [1.165, 1.54) is 16.7 Å². The summed E-state index contributed by atoms with van der Waals surface area (Å²) >= 11 is 0. The van der Waals surface area contributed by atoms with Crippen LogP contribution < -0.4 is 0 Å². The Balaban J connectivity index is 0.00000161. The van der Waals surface area contributed by atoms with Gasteiger partial charge in [-0.1, -0.05) is 35.9 Å². The van der Waals surface area contributed by atoms with Crippen molar-refractivity contribution < 1.29 is 35.0 Å². The monoisotopic (exact) mass is 360 g/mol. The van der Waals surface area contributed by atoms with Crippen molar-refractivity contribution in [3.05, 3.63) is 64.2 Å². The molecule has 106 valence electrons. The zero-order chi connectivity index (χ0) is 14.1. The van der Waals surface area contributed by atoms with Crippen molar-refractivity contribution in [1.29, 1.82) is 0 Å². The van der Waals surface area contributed by atoms with E-state index >= 15 is 0 Å². The topological polar surface area (TPSA) is 0 Å². The van der Waals surface area contributed by atoms with Gasteiger partial charge in [-0.3, -0.25) is 0 Å². The summed E-state index contributed by atoms with van der Waals surface area (Å²) in [7, 11) is 0. The Hall–Kier alpha value is -1.08. The number of halogens is 2. The van der Waals surface area contributed by atoms with Crippen molar-refractivity contribution in [1.82, 2.24) is 0 Å². The van der Waals surface area contributed by atoms with Gasteiger partial charge in [0.2, 0.25) is 0 Å². The minimum absolute atomic E-state index is 0. The predicted octanol–water partition coefficient (Wildman–Crippen LogP) is 5.25. The van der Waals surface area contributed by atoms with E-state index in [-0.39, 0.29) is 26.2 Å². The van der Waals surface area contributed by atoms with Crippen molar-refractivity contribution in [2.75, 3.05) is 0 Å². The molecule has 0 spiro atoms. The molecule has 0 N–H and O–H groups in total. The number of hydrogen-bond acceptors (Lipinski definition) is 0. The molecule has 0 aliphatic heterocycles. The fraction of sp³-hybridized carbons (Fsp3) is 0.222. The van der Waals surface area contributed by atoms with Crippen LogP contribution >= 0.6 is 0 Å². The standard InChI is InChI=1S/C18H16F2.Zr/c1-12-5-15-3-2-4-17(18(15)6-12)16-8-13(10-19)7-14(9-16)11-20;/h2-4,6-9H,5,10-11H2,1H3;. The van der Waals surface area contributed by atoms with Crippen molar-refractivity contribution in [2.24, 2.45) is 0 Å². The number of benzene rings is 2. The Labute approximate surface area is 143 Å². The van der Waals surface area contributed by atoms with Gasteiger partial charge >= 0.3 is 0 Å². The Morgan fingerprint density at radius 2 is 1.67 bits per heavy atom. The zero-order valence-electron chi connectivity index (χ0n) is 11.9. The summed E-state index contributed by atoms with van der Waals surface area (Å²) in [5.74, 6) is 0. The van der Waals surface area contributed by atoms with Crippen LogP contribution in [0.25, 0.3) is 17.2 Å². The van der Waals surface area contributed by atoms with Crippen LogP contribution in [0.4, 0.5) is 8.78 Å². The SMILES string of the molecule is CC1=Cc2c(cccc2-c2cc(CF)cc(CF)c2)C1.[Zr]. The zero-order valence-corrected chi connectivity index (χ0v) is 14.4. The third kappa shape index (κ3) is 3.24. The van der Waals surface area contributed by atoms with Crippen LogP contribution in [0.15, 0.2) is 42.0 Å². The summed E-state index contributed by atoms with van der Waals surface area (Å²) in [6.45, 7) is 0.976. The molecule has 0 amide bonds. The van der Waals surface area contributed by atoms with Gasteiger partial charge in [0.15, 0.2) is 0 Å². The first kappa shape index (κ1) is 16.3. The number of allylic oxidation sites excluding steroid dienone is 1. The second-order valence-corrected chi connectivity index (χ2v) is 5.35. The maximum absolute atomic E-state index is 12.9. The van der Waals surface area contributed by atoms with Gasteiger partial charge in [-0.2, -0.15) is 0 Å². The van der Waals surface area contributed by atoms with Crippen LogP contribution in [0.5, 0.6) is 0 Å². The van der Waals surface area contributed by atoms with Crippen LogP contribution in [-0.4, -0.2) is 0 Å². The summed E-state index contributed by atoms with van der Waals surface area (Å²) in [6, 6.07) is 11.4. The van der Waals surface area contributed by atoms with Gasteiger partial charge in [0.25, 0.3) is 0 Å². The van der Waals surface area contributed by atoms with Crippen LogP contribution in [-0.2, 0) is 46.0 Å². The summed E-state index contributed by atoms with van der Waals surface area (Å²) in [5, 5.41) is 0. The Morgan fingerprint density at radius 1 is 1.00 bits per heavy atom. The second kappa shape index (κ2) is 6.79. The van der Waals surface area contributed by atoms with Gasteiger partial charge in [-0.05, 0) is 58.9 Å². The first-order chi connectivity index (χ1) is 9.71. The first-order valence-electron chi connectivity index (χ1n) is 6.75. The second-order valence-electron chi connectivity index (χ2n) is 5.35. The predicted molar refractivity (Wildman–Crippen MR) is 78.9 cm³/mol. The van der Waals surface area contributed by atoms with Gasteiger partial charge < -0.3 is 0 Å². The van der Waals surface area contributed by atoms with E-state index in [1.807, 2.05) is 24.3 Å². The molecule has 0 nitrogen and oxygen atoms in total. The van der Waals surface area contributed by atoms with Gasteiger partial charge in [0.05, 0.1) is 0 Å². The molecule has 3 rings (SSSR count). The fourth-order valence-electron chi connectivity index (χ4n) is 2.86. The van der Waals surface area contributed by atoms with Crippen molar-refractivity contribution in [3.8, 4) is 11.1 Å². The summed E-state index contributed by atoms with van der Waals surface area (Å²) in [5.41, 5.74) is 6.82. The largest absolute Gasteiger partial charge is 0.246 e. The molecular weight excluding hydrogens is 345 g/mol. The van der Waals surface area contributed by atoms with E-state index in [4.69, 9.17) is 0 Å². The van der Waals surface area contributed by atoms with Gasteiger partial charge in [0, 0.05) is 26.2 Å². The minimum atomic E-state index is -0.565. The fourth-order valence-corrected chi connectivity index (χ4v) is 2.86. The average Bonchev–Trinajstić information content (AvgIpc) is 2.86. The molecule has 2 aromatic rings. The van der Waals surface area contributed by atoms with E-state index in [2.05, 4.69) is 19.1 Å². The molecule has 2 aromatic carbocycles.